The van der Waals surface area contributed by atoms with Crippen LogP contribution < -0.4 is 4.90 Å². The molecule has 1 saturated heterocycles. The Balaban J connectivity index is 2.02. The molecular formula is C17H24N2O3. The van der Waals surface area contributed by atoms with Crippen molar-refractivity contribution in [2.45, 2.75) is 20.3 Å². The molecule has 1 fully saturated rings. The normalized spacial score (nSPS) is 22.3. The molecular weight excluding hydrogens is 280 g/mol. The molecule has 0 saturated carbocycles. The van der Waals surface area contributed by atoms with Gasteiger partial charge in [-0.15, -0.1) is 0 Å². The molecule has 1 N–H and O–H groups in total. The van der Waals surface area contributed by atoms with E-state index >= 15 is 0 Å². The summed E-state index contributed by atoms with van der Waals surface area (Å²) < 4.78 is 0. The number of para-hydroxylation sites is 1. The number of hydrogen-bond donors (Lipinski definition) is 1. The standard InChI is InChI=1S/C17H24N2O3/c1-3-19(15-7-5-4-6-8-15)16(20)12-18-10-13(2)9-14(11-18)17(21)22/h4-8,13-14H,3,9-12H2,1-2H3,(H,21,22). The molecule has 120 valence electrons. The smallest absolute Gasteiger partial charge is 0.307 e. The van der Waals surface area contributed by atoms with E-state index < -0.39 is 5.97 Å². The number of carboxylic acids is 1. The van der Waals surface area contributed by atoms with Crippen LogP contribution in [0.15, 0.2) is 30.3 Å². The monoisotopic (exact) mass is 304 g/mol. The van der Waals surface area contributed by atoms with Crippen molar-refractivity contribution in [2.24, 2.45) is 11.8 Å². The van der Waals surface area contributed by atoms with Gasteiger partial charge in [-0.05, 0) is 31.4 Å². The molecule has 22 heavy (non-hydrogen) atoms. The van der Waals surface area contributed by atoms with Crippen LogP contribution in [0.2, 0.25) is 0 Å². The lowest BCUT2D eigenvalue weighted by atomic mass is 9.90. The Hall–Kier alpha value is -1.88. The molecule has 2 rings (SSSR count). The topological polar surface area (TPSA) is 60.9 Å². The van der Waals surface area contributed by atoms with E-state index in [0.717, 1.165) is 12.2 Å². The quantitative estimate of drug-likeness (QED) is 0.905. The number of anilines is 1. The summed E-state index contributed by atoms with van der Waals surface area (Å²) in [6, 6.07) is 9.58. The van der Waals surface area contributed by atoms with Crippen molar-refractivity contribution < 1.29 is 14.7 Å². The zero-order valence-corrected chi connectivity index (χ0v) is 13.2. The number of carbonyl (C=O) groups is 2. The van der Waals surface area contributed by atoms with Gasteiger partial charge >= 0.3 is 5.97 Å². The average Bonchev–Trinajstić information content (AvgIpc) is 2.48. The highest BCUT2D eigenvalue weighted by molar-refractivity contribution is 5.94. The largest absolute Gasteiger partial charge is 0.481 e. The molecule has 2 unspecified atom stereocenters. The Morgan fingerprint density at radius 1 is 1.27 bits per heavy atom. The predicted molar refractivity (Wildman–Crippen MR) is 85.8 cm³/mol. The summed E-state index contributed by atoms with van der Waals surface area (Å²) in [5, 5.41) is 9.22. The first kappa shape index (κ1) is 16.5. The van der Waals surface area contributed by atoms with Crippen LogP contribution >= 0.6 is 0 Å². The molecule has 1 amide bonds. The van der Waals surface area contributed by atoms with Gasteiger partial charge in [-0.25, -0.2) is 0 Å². The van der Waals surface area contributed by atoms with Crippen molar-refractivity contribution in [3.63, 3.8) is 0 Å². The van der Waals surface area contributed by atoms with Crippen molar-refractivity contribution in [3.05, 3.63) is 30.3 Å². The highest BCUT2D eigenvalue weighted by Gasteiger charge is 2.31. The molecule has 1 aliphatic rings. The van der Waals surface area contributed by atoms with Gasteiger partial charge in [0.05, 0.1) is 12.5 Å². The van der Waals surface area contributed by atoms with Crippen LogP contribution in [-0.4, -0.2) is 48.1 Å². The SMILES string of the molecule is CCN(C(=O)CN1CC(C)CC(C(=O)O)C1)c1ccccc1. The second kappa shape index (κ2) is 7.40. The fourth-order valence-corrected chi connectivity index (χ4v) is 3.16. The number of aliphatic carboxylic acids is 1. The first-order valence-electron chi connectivity index (χ1n) is 7.81. The number of nitrogens with zero attached hydrogens (tertiary/aromatic N) is 2. The van der Waals surface area contributed by atoms with Gasteiger partial charge in [0.15, 0.2) is 0 Å². The molecule has 0 radical (unpaired) electrons. The zero-order chi connectivity index (χ0) is 16.1. The Bertz CT molecular complexity index is 518. The molecule has 0 aromatic heterocycles. The van der Waals surface area contributed by atoms with Gasteiger partial charge in [0.2, 0.25) is 5.91 Å². The molecule has 2 atom stereocenters. The lowest BCUT2D eigenvalue weighted by Crippen LogP contribution is -2.47. The Kier molecular flexibility index (Phi) is 5.55. The highest BCUT2D eigenvalue weighted by atomic mass is 16.4. The second-order valence-electron chi connectivity index (χ2n) is 6.04. The van der Waals surface area contributed by atoms with E-state index in [-0.39, 0.29) is 18.4 Å². The summed E-state index contributed by atoms with van der Waals surface area (Å²) in [6.07, 6.45) is 0.691. The first-order chi connectivity index (χ1) is 10.5. The van der Waals surface area contributed by atoms with Crippen molar-refractivity contribution in [3.8, 4) is 0 Å². The molecule has 5 nitrogen and oxygen atoms in total. The number of carboxylic acid groups (broad SMARTS) is 1. The number of rotatable bonds is 5. The van der Waals surface area contributed by atoms with Crippen molar-refractivity contribution in [1.29, 1.82) is 0 Å². The molecule has 1 aromatic carbocycles. The van der Waals surface area contributed by atoms with Crippen LogP contribution in [0.5, 0.6) is 0 Å². The van der Waals surface area contributed by atoms with Gasteiger partial charge in [-0.3, -0.25) is 14.5 Å². The van der Waals surface area contributed by atoms with Gasteiger partial charge in [0, 0.05) is 25.3 Å². The van der Waals surface area contributed by atoms with Gasteiger partial charge in [-0.1, -0.05) is 25.1 Å². The Labute approximate surface area is 131 Å². The summed E-state index contributed by atoms with van der Waals surface area (Å²) in [5.41, 5.74) is 0.884. The minimum absolute atomic E-state index is 0.0203. The van der Waals surface area contributed by atoms with Crippen molar-refractivity contribution in [2.75, 3.05) is 31.1 Å². The van der Waals surface area contributed by atoms with Crippen LogP contribution in [0.3, 0.4) is 0 Å². The summed E-state index contributed by atoms with van der Waals surface area (Å²) in [6.45, 7) is 6.11. The van der Waals surface area contributed by atoms with Gasteiger partial charge in [0.1, 0.15) is 0 Å². The third-order valence-corrected chi connectivity index (χ3v) is 4.13. The Morgan fingerprint density at radius 2 is 1.95 bits per heavy atom. The number of likely N-dealkylation sites (N-methyl/N-ethyl adjacent to an activating group) is 1. The summed E-state index contributed by atoms with van der Waals surface area (Å²) >= 11 is 0. The number of piperidine rings is 1. The van der Waals surface area contributed by atoms with Crippen molar-refractivity contribution in [1.82, 2.24) is 4.90 Å². The molecule has 1 heterocycles. The molecule has 1 aliphatic heterocycles. The minimum Gasteiger partial charge on any atom is -0.481 e. The van der Waals surface area contributed by atoms with E-state index in [4.69, 9.17) is 0 Å². The Morgan fingerprint density at radius 3 is 2.55 bits per heavy atom. The number of amides is 1. The molecule has 0 aliphatic carbocycles. The number of likely N-dealkylation sites (tertiary alicyclic amines) is 1. The second-order valence-corrected chi connectivity index (χ2v) is 6.04. The summed E-state index contributed by atoms with van der Waals surface area (Å²) in [7, 11) is 0. The van der Waals surface area contributed by atoms with Crippen LogP contribution in [-0.2, 0) is 9.59 Å². The van der Waals surface area contributed by atoms with E-state index in [9.17, 15) is 14.7 Å². The van der Waals surface area contributed by atoms with E-state index in [2.05, 4.69) is 0 Å². The molecule has 1 aromatic rings. The van der Waals surface area contributed by atoms with Crippen LogP contribution in [0, 0.1) is 11.8 Å². The third kappa shape index (κ3) is 4.07. The summed E-state index contributed by atoms with van der Waals surface area (Å²) in [4.78, 5) is 27.5. The van der Waals surface area contributed by atoms with Crippen LogP contribution in [0.25, 0.3) is 0 Å². The maximum Gasteiger partial charge on any atom is 0.307 e. The number of carbonyl (C=O) groups excluding carboxylic acids is 1. The third-order valence-electron chi connectivity index (χ3n) is 4.13. The van der Waals surface area contributed by atoms with Crippen LogP contribution in [0.1, 0.15) is 20.3 Å². The van der Waals surface area contributed by atoms with Gasteiger partial charge < -0.3 is 10.0 Å². The minimum atomic E-state index is -0.764. The predicted octanol–water partition coefficient (Wildman–Crippen LogP) is 2.08. The van der Waals surface area contributed by atoms with E-state index in [1.807, 2.05) is 49.1 Å². The number of benzene rings is 1. The fourth-order valence-electron chi connectivity index (χ4n) is 3.16. The fraction of sp³-hybridized carbons (Fsp3) is 0.529. The van der Waals surface area contributed by atoms with E-state index in [1.165, 1.54) is 0 Å². The first-order valence-corrected chi connectivity index (χ1v) is 7.81. The van der Waals surface area contributed by atoms with Crippen LogP contribution in [0.4, 0.5) is 5.69 Å². The highest BCUT2D eigenvalue weighted by Crippen LogP contribution is 2.22. The van der Waals surface area contributed by atoms with E-state index in [0.29, 0.717) is 25.4 Å². The molecule has 0 bridgehead atoms. The lowest BCUT2D eigenvalue weighted by molar-refractivity contribution is -0.145. The maximum absolute atomic E-state index is 12.6. The average molecular weight is 304 g/mol. The van der Waals surface area contributed by atoms with Gasteiger partial charge in [-0.2, -0.15) is 0 Å². The van der Waals surface area contributed by atoms with Gasteiger partial charge in [0.25, 0.3) is 0 Å². The van der Waals surface area contributed by atoms with E-state index in [1.54, 1.807) is 4.90 Å². The molecule has 0 spiro atoms. The molecule has 5 heteroatoms. The summed E-state index contributed by atoms with van der Waals surface area (Å²) in [5.74, 6) is -0.816. The lowest BCUT2D eigenvalue weighted by Gasteiger charge is -2.35. The maximum atomic E-state index is 12.6. The number of hydrogen-bond acceptors (Lipinski definition) is 3. The zero-order valence-electron chi connectivity index (χ0n) is 13.2. The van der Waals surface area contributed by atoms with Crippen molar-refractivity contribution >= 4 is 17.6 Å².